The van der Waals surface area contributed by atoms with Gasteiger partial charge in [-0.05, 0) is 25.1 Å². The highest BCUT2D eigenvalue weighted by Crippen LogP contribution is 2.10. The highest BCUT2D eigenvalue weighted by molar-refractivity contribution is 5.85. The lowest BCUT2D eigenvalue weighted by molar-refractivity contribution is -0.121. The average molecular weight is 319 g/mol. The Bertz CT molecular complexity index is 497. The van der Waals surface area contributed by atoms with Gasteiger partial charge in [-0.2, -0.15) is 0 Å². The molecular weight excluding hydrogens is 299 g/mol. The number of rotatable bonds is 6. The molecule has 2 rings (SSSR count). The number of amides is 1. The first-order valence-electron chi connectivity index (χ1n) is 6.20. The van der Waals surface area contributed by atoms with E-state index in [2.05, 4.69) is 15.3 Å². The molecule has 1 amide bonds. The summed E-state index contributed by atoms with van der Waals surface area (Å²) in [6, 6.07) is 7.89. The van der Waals surface area contributed by atoms with Gasteiger partial charge in [-0.1, -0.05) is 12.1 Å². The summed E-state index contributed by atoms with van der Waals surface area (Å²) in [7, 11) is 0. The van der Waals surface area contributed by atoms with Crippen LogP contribution in [0.4, 0.5) is 0 Å². The van der Waals surface area contributed by atoms with Crippen molar-refractivity contribution in [3.63, 3.8) is 0 Å². The van der Waals surface area contributed by atoms with Crippen LogP contribution in [0.3, 0.4) is 0 Å². The fraction of sp³-hybridized carbons (Fsp3) is 0.385. The Hall–Kier alpha value is -1.30. The predicted molar refractivity (Wildman–Crippen MR) is 85.6 cm³/mol. The van der Waals surface area contributed by atoms with Gasteiger partial charge in [0.15, 0.2) is 0 Å². The highest BCUT2D eigenvalue weighted by Gasteiger charge is 2.03. The van der Waals surface area contributed by atoms with Crippen LogP contribution in [0.15, 0.2) is 24.3 Å². The maximum Gasteiger partial charge on any atom is 0.220 e. The van der Waals surface area contributed by atoms with Crippen LogP contribution >= 0.6 is 24.8 Å². The summed E-state index contributed by atoms with van der Waals surface area (Å²) in [6.07, 6.45) is 1.94. The van der Waals surface area contributed by atoms with E-state index >= 15 is 0 Å². The molecule has 0 aliphatic heterocycles. The Kier molecular flexibility index (Phi) is 8.96. The summed E-state index contributed by atoms with van der Waals surface area (Å²) in [6.45, 7) is 1.15. The first kappa shape index (κ1) is 18.7. The molecular formula is C13H20Cl2N4O. The van der Waals surface area contributed by atoms with E-state index in [0.29, 0.717) is 25.9 Å². The van der Waals surface area contributed by atoms with Gasteiger partial charge in [0, 0.05) is 19.4 Å². The normalized spacial score (nSPS) is 9.65. The number of benzene rings is 1. The van der Waals surface area contributed by atoms with Gasteiger partial charge in [0.05, 0.1) is 11.0 Å². The van der Waals surface area contributed by atoms with Crippen LogP contribution in [-0.4, -0.2) is 29.0 Å². The number of para-hydroxylation sites is 2. The second kappa shape index (κ2) is 9.58. The molecule has 7 heteroatoms. The van der Waals surface area contributed by atoms with Crippen LogP contribution in [0.25, 0.3) is 11.0 Å². The number of aromatic nitrogens is 2. The number of aromatic amines is 1. The second-order valence-corrected chi connectivity index (χ2v) is 4.19. The predicted octanol–water partition coefficient (Wildman–Crippen LogP) is 1.80. The number of fused-ring (bicyclic) bond motifs is 1. The molecule has 0 radical (unpaired) electrons. The maximum atomic E-state index is 11.4. The molecule has 4 N–H and O–H groups in total. The molecule has 0 spiro atoms. The van der Waals surface area contributed by atoms with Crippen molar-refractivity contribution in [3.05, 3.63) is 30.1 Å². The van der Waals surface area contributed by atoms with Gasteiger partial charge in [-0.3, -0.25) is 4.79 Å². The molecule has 1 aromatic carbocycles. The van der Waals surface area contributed by atoms with Crippen LogP contribution in [0.2, 0.25) is 0 Å². The van der Waals surface area contributed by atoms with Crippen LogP contribution in [-0.2, 0) is 11.2 Å². The highest BCUT2D eigenvalue weighted by atomic mass is 35.5. The molecule has 1 aromatic heterocycles. The van der Waals surface area contributed by atoms with Crippen LogP contribution in [0.1, 0.15) is 18.7 Å². The van der Waals surface area contributed by atoms with Crippen molar-refractivity contribution >= 4 is 41.8 Å². The molecule has 2 aromatic rings. The average Bonchev–Trinajstić information content (AvgIpc) is 2.79. The van der Waals surface area contributed by atoms with Gasteiger partial charge in [-0.15, -0.1) is 24.8 Å². The molecule has 1 heterocycles. The number of hydrogen-bond acceptors (Lipinski definition) is 3. The molecule has 0 fully saturated rings. The van der Waals surface area contributed by atoms with Crippen molar-refractivity contribution in [1.29, 1.82) is 0 Å². The van der Waals surface area contributed by atoms with E-state index in [9.17, 15) is 4.79 Å². The zero-order valence-corrected chi connectivity index (χ0v) is 12.7. The van der Waals surface area contributed by atoms with Gasteiger partial charge < -0.3 is 16.0 Å². The number of nitrogens with two attached hydrogens (primary N) is 1. The molecule has 0 saturated heterocycles. The van der Waals surface area contributed by atoms with Crippen LogP contribution < -0.4 is 11.1 Å². The fourth-order valence-electron chi connectivity index (χ4n) is 1.80. The number of carbonyl (C=O) groups is 1. The minimum Gasteiger partial charge on any atom is -0.356 e. The first-order valence-corrected chi connectivity index (χ1v) is 6.20. The van der Waals surface area contributed by atoms with E-state index in [-0.39, 0.29) is 30.7 Å². The van der Waals surface area contributed by atoms with Gasteiger partial charge in [0.1, 0.15) is 5.82 Å². The Labute approximate surface area is 130 Å². The third-order valence-electron chi connectivity index (χ3n) is 2.73. The quantitative estimate of drug-likeness (QED) is 0.759. The van der Waals surface area contributed by atoms with Gasteiger partial charge in [0.2, 0.25) is 5.91 Å². The van der Waals surface area contributed by atoms with Crippen molar-refractivity contribution < 1.29 is 4.79 Å². The van der Waals surface area contributed by atoms with E-state index in [0.717, 1.165) is 23.3 Å². The Morgan fingerprint density at radius 3 is 2.75 bits per heavy atom. The molecule has 0 saturated carbocycles. The number of imidazole rings is 1. The van der Waals surface area contributed by atoms with Crippen LogP contribution in [0, 0.1) is 0 Å². The van der Waals surface area contributed by atoms with Crippen molar-refractivity contribution in [2.75, 3.05) is 13.1 Å². The van der Waals surface area contributed by atoms with E-state index in [1.54, 1.807) is 0 Å². The minimum absolute atomic E-state index is 0. The number of halogens is 2. The maximum absolute atomic E-state index is 11.4. The third kappa shape index (κ3) is 5.36. The van der Waals surface area contributed by atoms with E-state index in [1.165, 1.54) is 0 Å². The molecule has 0 aliphatic rings. The molecule has 0 unspecified atom stereocenters. The topological polar surface area (TPSA) is 83.8 Å². The first-order chi connectivity index (χ1) is 8.79. The minimum atomic E-state index is 0. The summed E-state index contributed by atoms with van der Waals surface area (Å²) >= 11 is 0. The van der Waals surface area contributed by atoms with Gasteiger partial charge >= 0.3 is 0 Å². The largest absolute Gasteiger partial charge is 0.356 e. The SMILES string of the molecule is Cl.Cl.NCCCC(=O)NCCc1nc2ccccc2[nH]1. The lowest BCUT2D eigenvalue weighted by Crippen LogP contribution is -2.26. The van der Waals surface area contributed by atoms with Crippen molar-refractivity contribution in [1.82, 2.24) is 15.3 Å². The Morgan fingerprint density at radius 1 is 1.30 bits per heavy atom. The molecule has 20 heavy (non-hydrogen) atoms. The molecule has 5 nitrogen and oxygen atoms in total. The zero-order valence-electron chi connectivity index (χ0n) is 11.1. The molecule has 0 atom stereocenters. The van der Waals surface area contributed by atoms with Crippen molar-refractivity contribution in [3.8, 4) is 0 Å². The summed E-state index contributed by atoms with van der Waals surface area (Å²) < 4.78 is 0. The Morgan fingerprint density at radius 2 is 2.05 bits per heavy atom. The smallest absolute Gasteiger partial charge is 0.220 e. The molecule has 0 aliphatic carbocycles. The number of carbonyl (C=O) groups excluding carboxylic acids is 1. The van der Waals surface area contributed by atoms with Gasteiger partial charge in [0.25, 0.3) is 0 Å². The molecule has 112 valence electrons. The fourth-order valence-corrected chi connectivity index (χ4v) is 1.80. The summed E-state index contributed by atoms with van der Waals surface area (Å²) in [5.41, 5.74) is 7.33. The molecule has 0 bridgehead atoms. The van der Waals surface area contributed by atoms with E-state index < -0.39 is 0 Å². The summed E-state index contributed by atoms with van der Waals surface area (Å²) in [5.74, 6) is 0.951. The summed E-state index contributed by atoms with van der Waals surface area (Å²) in [4.78, 5) is 19.0. The van der Waals surface area contributed by atoms with Gasteiger partial charge in [-0.25, -0.2) is 4.98 Å². The zero-order chi connectivity index (χ0) is 12.8. The number of nitrogens with one attached hydrogen (secondary N) is 2. The number of H-pyrrole nitrogens is 1. The monoisotopic (exact) mass is 318 g/mol. The second-order valence-electron chi connectivity index (χ2n) is 4.19. The summed E-state index contributed by atoms with van der Waals surface area (Å²) in [5, 5.41) is 2.86. The van der Waals surface area contributed by atoms with Crippen molar-refractivity contribution in [2.45, 2.75) is 19.3 Å². The van der Waals surface area contributed by atoms with Crippen molar-refractivity contribution in [2.24, 2.45) is 5.73 Å². The van der Waals surface area contributed by atoms with E-state index in [4.69, 9.17) is 5.73 Å². The third-order valence-corrected chi connectivity index (χ3v) is 2.73. The Balaban J connectivity index is 0.00000180. The number of nitrogens with zero attached hydrogens (tertiary/aromatic N) is 1. The van der Waals surface area contributed by atoms with E-state index in [1.807, 2.05) is 24.3 Å². The van der Waals surface area contributed by atoms with Crippen LogP contribution in [0.5, 0.6) is 0 Å². The number of hydrogen-bond donors (Lipinski definition) is 3. The standard InChI is InChI=1S/C13H18N4O.2ClH/c14-8-3-6-13(18)15-9-7-12-16-10-4-1-2-5-11(10)17-12;;/h1-2,4-5H,3,6-9,14H2,(H,15,18)(H,16,17);2*1H. The lowest BCUT2D eigenvalue weighted by atomic mass is 10.3. The lowest BCUT2D eigenvalue weighted by Gasteiger charge is -2.02.